The number of hydrogen-bond acceptors (Lipinski definition) is 3. The second-order valence-corrected chi connectivity index (χ2v) is 8.82. The van der Waals surface area contributed by atoms with Crippen LogP contribution in [0.2, 0.25) is 0 Å². The average molecular weight is 396 g/mol. The van der Waals surface area contributed by atoms with Gasteiger partial charge in [-0.3, -0.25) is 4.98 Å². The number of para-hydroxylation sites is 2. The molecular weight excluding hydrogens is 371 g/mol. The van der Waals surface area contributed by atoms with Gasteiger partial charge in [0.05, 0.1) is 28.1 Å². The van der Waals surface area contributed by atoms with Crippen LogP contribution in [0.5, 0.6) is 0 Å². The zero-order valence-corrected chi connectivity index (χ0v) is 17.8. The summed E-state index contributed by atoms with van der Waals surface area (Å²) < 4.78 is 14.6. The van der Waals surface area contributed by atoms with Crippen LogP contribution in [0.4, 0.5) is 0 Å². The van der Waals surface area contributed by atoms with E-state index in [-0.39, 0.29) is 11.2 Å². The van der Waals surface area contributed by atoms with Crippen molar-refractivity contribution in [1.29, 1.82) is 0 Å². The third kappa shape index (κ3) is 3.06. The van der Waals surface area contributed by atoms with Gasteiger partial charge in [0.2, 0.25) is 0 Å². The lowest BCUT2D eigenvalue weighted by Gasteiger charge is -2.32. The van der Waals surface area contributed by atoms with Crippen molar-refractivity contribution in [2.75, 3.05) is 0 Å². The molecule has 1 saturated heterocycles. The van der Waals surface area contributed by atoms with Crippen molar-refractivity contribution >= 4 is 23.5 Å². The number of nitrogens with zero attached hydrogens (tertiary/aromatic N) is 2. The molecule has 0 atom stereocenters. The minimum absolute atomic E-state index is 0.365. The zero-order chi connectivity index (χ0) is 20.9. The molecule has 0 aliphatic carbocycles. The van der Waals surface area contributed by atoms with E-state index in [0.717, 1.165) is 28.1 Å². The second kappa shape index (κ2) is 6.83. The summed E-state index contributed by atoms with van der Waals surface area (Å²) in [5, 5.41) is 1.19. The second-order valence-electron chi connectivity index (χ2n) is 8.82. The van der Waals surface area contributed by atoms with Gasteiger partial charge in [0.15, 0.2) is 0 Å². The summed E-state index contributed by atoms with van der Waals surface area (Å²) in [5.74, 6) is 0. The fourth-order valence-corrected chi connectivity index (χ4v) is 3.87. The quantitative estimate of drug-likeness (QED) is 0.458. The first kappa shape index (κ1) is 19.1. The first-order valence-electron chi connectivity index (χ1n) is 10.3. The highest BCUT2D eigenvalue weighted by Crippen LogP contribution is 2.36. The normalized spacial score (nSPS) is 17.5. The lowest BCUT2D eigenvalue weighted by atomic mass is 9.80. The van der Waals surface area contributed by atoms with Crippen molar-refractivity contribution in [2.45, 2.75) is 38.9 Å². The number of hydrogen-bond donors (Lipinski definition) is 0. The molecule has 2 aromatic carbocycles. The van der Waals surface area contributed by atoms with Crippen LogP contribution >= 0.6 is 0 Å². The third-order valence-electron chi connectivity index (χ3n) is 6.30. The molecule has 1 aliphatic rings. The lowest BCUT2D eigenvalue weighted by molar-refractivity contribution is 0.00578. The van der Waals surface area contributed by atoms with Crippen molar-refractivity contribution in [2.24, 2.45) is 0 Å². The summed E-state index contributed by atoms with van der Waals surface area (Å²) in [5.41, 5.74) is 4.45. The van der Waals surface area contributed by atoms with Gasteiger partial charge < -0.3 is 13.9 Å². The van der Waals surface area contributed by atoms with E-state index in [9.17, 15) is 0 Å². The van der Waals surface area contributed by atoms with Gasteiger partial charge in [0.1, 0.15) is 0 Å². The minimum atomic E-state index is -0.406. The number of aromatic nitrogens is 2. The van der Waals surface area contributed by atoms with Crippen molar-refractivity contribution < 1.29 is 9.31 Å². The largest absolute Gasteiger partial charge is 0.496 e. The summed E-state index contributed by atoms with van der Waals surface area (Å²) in [4.78, 5) is 4.79. The van der Waals surface area contributed by atoms with E-state index >= 15 is 0 Å². The first-order chi connectivity index (χ1) is 14.4. The minimum Gasteiger partial charge on any atom is -0.399 e. The van der Waals surface area contributed by atoms with Gasteiger partial charge in [-0.2, -0.15) is 0 Å². The topological polar surface area (TPSA) is 36.3 Å². The predicted octanol–water partition coefficient (Wildman–Crippen LogP) is 4.99. The van der Waals surface area contributed by atoms with Gasteiger partial charge in [-0.1, -0.05) is 42.5 Å². The van der Waals surface area contributed by atoms with Crippen LogP contribution in [0.3, 0.4) is 0 Å². The number of benzene rings is 2. The van der Waals surface area contributed by atoms with E-state index in [0.29, 0.717) is 0 Å². The van der Waals surface area contributed by atoms with E-state index in [2.05, 4.69) is 92.9 Å². The predicted molar refractivity (Wildman–Crippen MR) is 122 cm³/mol. The molecule has 2 aromatic heterocycles. The molecule has 0 unspecified atom stereocenters. The number of pyridine rings is 1. The molecule has 1 aliphatic heterocycles. The molecule has 0 radical (unpaired) electrons. The molecule has 1 fully saturated rings. The summed E-state index contributed by atoms with van der Waals surface area (Å²) >= 11 is 0. The summed E-state index contributed by atoms with van der Waals surface area (Å²) in [6.45, 7) is 8.25. The fourth-order valence-electron chi connectivity index (χ4n) is 3.87. The average Bonchev–Trinajstić information content (AvgIpc) is 3.23. The Balaban J connectivity index is 1.56. The van der Waals surface area contributed by atoms with Crippen LogP contribution in [-0.4, -0.2) is 27.9 Å². The Labute approximate surface area is 177 Å². The molecule has 5 heteroatoms. The highest BCUT2D eigenvalue weighted by molar-refractivity contribution is 6.62. The molecule has 4 nitrogen and oxygen atoms in total. The van der Waals surface area contributed by atoms with Crippen molar-refractivity contribution in [3.05, 3.63) is 79.0 Å². The molecule has 0 spiro atoms. The Morgan fingerprint density at radius 3 is 2.13 bits per heavy atom. The van der Waals surface area contributed by atoms with Gasteiger partial charge in [-0.05, 0) is 58.0 Å². The maximum atomic E-state index is 6.17. The molecule has 0 saturated carbocycles. The number of rotatable bonds is 3. The molecule has 0 N–H and O–H groups in total. The molecule has 150 valence electrons. The summed E-state index contributed by atoms with van der Waals surface area (Å²) in [6.07, 6.45) is 1.87. The van der Waals surface area contributed by atoms with E-state index in [1.54, 1.807) is 0 Å². The lowest BCUT2D eigenvalue weighted by Crippen LogP contribution is -2.41. The summed E-state index contributed by atoms with van der Waals surface area (Å²) in [6, 6.07) is 25.1. The van der Waals surface area contributed by atoms with E-state index in [1.807, 2.05) is 18.3 Å². The Hall–Kier alpha value is -2.89. The molecular formula is C25H25BN2O2. The highest BCUT2D eigenvalue weighted by Gasteiger charge is 2.51. The molecule has 30 heavy (non-hydrogen) atoms. The monoisotopic (exact) mass is 396 g/mol. The van der Waals surface area contributed by atoms with Crippen molar-refractivity contribution in [1.82, 2.24) is 9.55 Å². The maximum absolute atomic E-state index is 6.17. The third-order valence-corrected chi connectivity index (χ3v) is 6.30. The molecule has 0 bridgehead atoms. The molecule has 0 amide bonds. The fraction of sp³-hybridized carbons (Fsp3) is 0.240. The van der Waals surface area contributed by atoms with Crippen LogP contribution in [-0.2, 0) is 9.31 Å². The zero-order valence-electron chi connectivity index (χ0n) is 17.8. The van der Waals surface area contributed by atoms with Gasteiger partial charge in [-0.15, -0.1) is 0 Å². The van der Waals surface area contributed by atoms with Gasteiger partial charge in [-0.25, -0.2) is 0 Å². The summed E-state index contributed by atoms with van der Waals surface area (Å²) in [7, 11) is -0.406. The van der Waals surface area contributed by atoms with Crippen LogP contribution in [0.1, 0.15) is 27.7 Å². The Morgan fingerprint density at radius 1 is 0.800 bits per heavy atom. The standard InChI is InChI=1S/C25H25BN2O2/c1-24(2)25(3,4)30-26(29-24)19-14-15-21(27-17-19)23-16-18-10-8-9-13-22(18)28(23)20-11-6-5-7-12-20/h5-17H,1-4H3. The van der Waals surface area contributed by atoms with Gasteiger partial charge in [0.25, 0.3) is 0 Å². The van der Waals surface area contributed by atoms with E-state index in [4.69, 9.17) is 14.3 Å². The maximum Gasteiger partial charge on any atom is 0.496 e. The highest BCUT2D eigenvalue weighted by atomic mass is 16.7. The van der Waals surface area contributed by atoms with Crippen LogP contribution in [0.25, 0.3) is 28.0 Å². The Kier molecular flexibility index (Phi) is 4.35. The molecule has 5 rings (SSSR count). The van der Waals surface area contributed by atoms with Crippen molar-refractivity contribution in [3.63, 3.8) is 0 Å². The van der Waals surface area contributed by atoms with E-state index in [1.165, 1.54) is 5.39 Å². The Morgan fingerprint density at radius 2 is 1.47 bits per heavy atom. The van der Waals surface area contributed by atoms with Crippen molar-refractivity contribution in [3.8, 4) is 17.1 Å². The van der Waals surface area contributed by atoms with Gasteiger partial charge >= 0.3 is 7.12 Å². The SMILES string of the molecule is CC1(C)OB(c2ccc(-c3cc4ccccc4n3-c3ccccc3)nc2)OC1(C)C. The van der Waals surface area contributed by atoms with Crippen LogP contribution < -0.4 is 5.46 Å². The smallest absolute Gasteiger partial charge is 0.399 e. The molecule has 3 heterocycles. The van der Waals surface area contributed by atoms with Crippen LogP contribution in [0.15, 0.2) is 79.0 Å². The first-order valence-corrected chi connectivity index (χ1v) is 10.3. The van der Waals surface area contributed by atoms with Gasteiger partial charge in [0, 0.05) is 22.7 Å². The number of fused-ring (bicyclic) bond motifs is 1. The Bertz CT molecular complexity index is 1180. The van der Waals surface area contributed by atoms with E-state index < -0.39 is 7.12 Å². The molecule has 4 aromatic rings. The van der Waals surface area contributed by atoms with Crippen LogP contribution in [0, 0.1) is 0 Å².